The topological polar surface area (TPSA) is 21.3 Å². The Balaban J connectivity index is 3.89. The number of methoxy groups -OCH3 is 1. The molecule has 0 aliphatic rings. The second kappa shape index (κ2) is 6.41. The predicted octanol–water partition coefficient (Wildman–Crippen LogP) is 2.68. The van der Waals surface area contributed by atoms with E-state index in [2.05, 4.69) is 39.9 Å². The third kappa shape index (κ3) is 5.61. The molecule has 1 atom stereocenters. The Hall–Kier alpha value is -0.0800. The highest BCUT2D eigenvalue weighted by molar-refractivity contribution is 4.78. The summed E-state index contributed by atoms with van der Waals surface area (Å²) in [5, 5.41) is 3.50. The molecule has 14 heavy (non-hydrogen) atoms. The third-order valence-electron chi connectivity index (χ3n) is 3.05. The van der Waals surface area contributed by atoms with Crippen LogP contribution in [0.5, 0.6) is 0 Å². The zero-order valence-electron chi connectivity index (χ0n) is 10.7. The van der Waals surface area contributed by atoms with Gasteiger partial charge >= 0.3 is 0 Å². The molecule has 0 aromatic heterocycles. The smallest absolute Gasteiger partial charge is 0.0465 e. The Bertz CT molecular complexity index is 143. The largest absolute Gasteiger partial charge is 0.385 e. The number of nitrogens with one attached hydrogen (secondary N) is 1. The van der Waals surface area contributed by atoms with Crippen LogP contribution in [0.25, 0.3) is 0 Å². The van der Waals surface area contributed by atoms with Crippen LogP contribution in [0.3, 0.4) is 0 Å². The highest BCUT2D eigenvalue weighted by Gasteiger charge is 2.25. The van der Waals surface area contributed by atoms with Crippen molar-refractivity contribution in [2.24, 2.45) is 11.3 Å². The van der Waals surface area contributed by atoms with Gasteiger partial charge in [0, 0.05) is 26.3 Å². The lowest BCUT2D eigenvalue weighted by Crippen LogP contribution is -2.38. The zero-order chi connectivity index (χ0) is 11.2. The van der Waals surface area contributed by atoms with Gasteiger partial charge in [0.25, 0.3) is 0 Å². The monoisotopic (exact) mass is 201 g/mol. The summed E-state index contributed by atoms with van der Waals surface area (Å²) in [6, 6.07) is 0.573. The van der Waals surface area contributed by atoms with Crippen molar-refractivity contribution < 1.29 is 4.74 Å². The van der Waals surface area contributed by atoms with Gasteiger partial charge in [-0.1, -0.05) is 34.6 Å². The molecule has 0 aromatic carbocycles. The minimum absolute atomic E-state index is 0.350. The van der Waals surface area contributed by atoms with E-state index in [1.807, 2.05) is 0 Å². The number of rotatable bonds is 7. The Morgan fingerprint density at radius 1 is 1.21 bits per heavy atom. The minimum Gasteiger partial charge on any atom is -0.385 e. The summed E-state index contributed by atoms with van der Waals surface area (Å²) >= 11 is 0. The molecule has 86 valence electrons. The molecule has 0 amide bonds. The summed E-state index contributed by atoms with van der Waals surface area (Å²) in [6.07, 6.45) is 1.14. The van der Waals surface area contributed by atoms with Crippen molar-refractivity contribution >= 4 is 0 Å². The Morgan fingerprint density at radius 3 is 2.21 bits per heavy atom. The van der Waals surface area contributed by atoms with Crippen LogP contribution < -0.4 is 5.32 Å². The Morgan fingerprint density at radius 2 is 1.79 bits per heavy atom. The van der Waals surface area contributed by atoms with Gasteiger partial charge in [-0.05, 0) is 17.8 Å². The molecule has 0 aliphatic heterocycles. The molecule has 0 aromatic rings. The summed E-state index contributed by atoms with van der Waals surface area (Å²) in [5.41, 5.74) is 0.350. The molecular formula is C12H27NO. The van der Waals surface area contributed by atoms with Crippen molar-refractivity contribution in [1.82, 2.24) is 5.32 Å². The van der Waals surface area contributed by atoms with Crippen LogP contribution >= 0.6 is 0 Å². The normalized spacial score (nSPS) is 14.8. The highest BCUT2D eigenvalue weighted by atomic mass is 16.5. The van der Waals surface area contributed by atoms with Crippen LogP contribution in [0, 0.1) is 11.3 Å². The average molecular weight is 201 g/mol. The van der Waals surface area contributed by atoms with Gasteiger partial charge < -0.3 is 10.1 Å². The summed E-state index contributed by atoms with van der Waals surface area (Å²) in [5.74, 6) is 0.689. The second-order valence-corrected chi connectivity index (χ2v) is 5.21. The van der Waals surface area contributed by atoms with Crippen molar-refractivity contribution in [1.29, 1.82) is 0 Å². The van der Waals surface area contributed by atoms with E-state index in [0.29, 0.717) is 17.4 Å². The van der Waals surface area contributed by atoms with E-state index in [1.165, 1.54) is 0 Å². The molecule has 1 unspecified atom stereocenters. The summed E-state index contributed by atoms with van der Waals surface area (Å²) in [6.45, 7) is 13.3. The maximum atomic E-state index is 5.11. The lowest BCUT2D eigenvalue weighted by molar-refractivity contribution is 0.133. The zero-order valence-corrected chi connectivity index (χ0v) is 10.7. The molecule has 2 heteroatoms. The molecule has 0 saturated carbocycles. The second-order valence-electron chi connectivity index (χ2n) is 5.21. The van der Waals surface area contributed by atoms with Gasteiger partial charge in [-0.25, -0.2) is 0 Å². The van der Waals surface area contributed by atoms with Crippen LogP contribution in [0.4, 0.5) is 0 Å². The number of hydrogen-bond donors (Lipinski definition) is 1. The van der Waals surface area contributed by atoms with Crippen molar-refractivity contribution in [2.45, 2.75) is 47.1 Å². The van der Waals surface area contributed by atoms with Gasteiger partial charge in [0.1, 0.15) is 0 Å². The maximum Gasteiger partial charge on any atom is 0.0465 e. The van der Waals surface area contributed by atoms with Crippen LogP contribution in [-0.4, -0.2) is 26.3 Å². The van der Waals surface area contributed by atoms with E-state index >= 15 is 0 Å². The van der Waals surface area contributed by atoms with Gasteiger partial charge in [-0.3, -0.25) is 0 Å². The van der Waals surface area contributed by atoms with E-state index < -0.39 is 0 Å². The first-order valence-electron chi connectivity index (χ1n) is 5.62. The van der Waals surface area contributed by atoms with Crippen molar-refractivity contribution in [3.63, 3.8) is 0 Å². The third-order valence-corrected chi connectivity index (χ3v) is 3.05. The van der Waals surface area contributed by atoms with Crippen LogP contribution in [0.15, 0.2) is 0 Å². The molecule has 0 saturated heterocycles. The molecule has 0 spiro atoms. The lowest BCUT2D eigenvalue weighted by atomic mass is 9.78. The Labute approximate surface area is 89.4 Å². The van der Waals surface area contributed by atoms with E-state index in [0.717, 1.165) is 19.6 Å². The number of ether oxygens (including phenoxy) is 1. The SMILES string of the molecule is COCCC(C)C(C)(C)CNC(C)C. The molecule has 0 fully saturated rings. The summed E-state index contributed by atoms with van der Waals surface area (Å²) in [7, 11) is 1.77. The van der Waals surface area contributed by atoms with Crippen LogP contribution in [-0.2, 0) is 4.74 Å². The van der Waals surface area contributed by atoms with Gasteiger partial charge in [0.2, 0.25) is 0 Å². The molecule has 0 aliphatic carbocycles. The minimum atomic E-state index is 0.350. The number of hydrogen-bond acceptors (Lipinski definition) is 2. The van der Waals surface area contributed by atoms with Crippen molar-refractivity contribution in [3.05, 3.63) is 0 Å². The molecule has 2 nitrogen and oxygen atoms in total. The van der Waals surface area contributed by atoms with Gasteiger partial charge in [-0.2, -0.15) is 0 Å². The van der Waals surface area contributed by atoms with E-state index in [4.69, 9.17) is 4.74 Å². The van der Waals surface area contributed by atoms with Crippen molar-refractivity contribution in [3.8, 4) is 0 Å². The van der Waals surface area contributed by atoms with Gasteiger partial charge in [0.05, 0.1) is 0 Å². The van der Waals surface area contributed by atoms with E-state index in [-0.39, 0.29) is 0 Å². The van der Waals surface area contributed by atoms with Gasteiger partial charge in [-0.15, -0.1) is 0 Å². The molecular weight excluding hydrogens is 174 g/mol. The fourth-order valence-electron chi connectivity index (χ4n) is 1.33. The first-order chi connectivity index (χ1) is 6.40. The predicted molar refractivity (Wildman–Crippen MR) is 62.6 cm³/mol. The molecule has 0 heterocycles. The van der Waals surface area contributed by atoms with Crippen molar-refractivity contribution in [2.75, 3.05) is 20.3 Å². The molecule has 1 N–H and O–H groups in total. The van der Waals surface area contributed by atoms with E-state index in [1.54, 1.807) is 7.11 Å². The maximum absolute atomic E-state index is 5.11. The quantitative estimate of drug-likeness (QED) is 0.684. The fraction of sp³-hybridized carbons (Fsp3) is 1.00. The first kappa shape index (κ1) is 13.9. The molecule has 0 rings (SSSR count). The first-order valence-corrected chi connectivity index (χ1v) is 5.62. The molecule has 0 bridgehead atoms. The standard InChI is InChI=1S/C12H27NO/c1-10(2)13-9-12(4,5)11(3)7-8-14-6/h10-11,13H,7-9H2,1-6H3. The lowest BCUT2D eigenvalue weighted by Gasteiger charge is -2.33. The van der Waals surface area contributed by atoms with E-state index in [9.17, 15) is 0 Å². The van der Waals surface area contributed by atoms with Crippen LogP contribution in [0.1, 0.15) is 41.0 Å². The van der Waals surface area contributed by atoms with Crippen LogP contribution in [0.2, 0.25) is 0 Å². The summed E-state index contributed by atoms with van der Waals surface area (Å²) in [4.78, 5) is 0. The molecule has 0 radical (unpaired) electrons. The fourth-order valence-corrected chi connectivity index (χ4v) is 1.33. The average Bonchev–Trinajstić information content (AvgIpc) is 2.11. The Kier molecular flexibility index (Phi) is 6.38. The van der Waals surface area contributed by atoms with Gasteiger partial charge in [0.15, 0.2) is 0 Å². The summed E-state index contributed by atoms with van der Waals surface area (Å²) < 4.78 is 5.11. The highest BCUT2D eigenvalue weighted by Crippen LogP contribution is 2.28.